The predicted molar refractivity (Wildman–Crippen MR) is 72.7 cm³/mol. The van der Waals surface area contributed by atoms with Crippen LogP contribution in [0.15, 0.2) is 10.5 Å². The zero-order valence-electron chi connectivity index (χ0n) is 10.6. The van der Waals surface area contributed by atoms with Crippen molar-refractivity contribution in [3.63, 3.8) is 0 Å². The lowest BCUT2D eigenvalue weighted by Gasteiger charge is -2.19. The summed E-state index contributed by atoms with van der Waals surface area (Å²) in [4.78, 5) is 10.6. The van der Waals surface area contributed by atoms with Gasteiger partial charge in [0.25, 0.3) is 0 Å². The van der Waals surface area contributed by atoms with Gasteiger partial charge in [-0.3, -0.25) is 4.79 Å². The van der Waals surface area contributed by atoms with E-state index >= 15 is 0 Å². The van der Waals surface area contributed by atoms with Gasteiger partial charge in [0.2, 0.25) is 0 Å². The Morgan fingerprint density at radius 1 is 1.47 bits per heavy atom. The number of hydrogen-bond acceptors (Lipinski definition) is 5. The number of halogens is 1. The lowest BCUT2D eigenvalue weighted by molar-refractivity contribution is -0.137. The monoisotopic (exact) mass is 333 g/mol. The minimum Gasteiger partial charge on any atom is -0.506 e. The van der Waals surface area contributed by atoms with Gasteiger partial charge in [-0.2, -0.15) is 0 Å². The molecule has 1 aromatic rings. The molecule has 0 saturated carbocycles. The number of methoxy groups -OCH3 is 2. The maximum atomic E-state index is 10.6. The zero-order chi connectivity index (χ0) is 14.6. The van der Waals surface area contributed by atoms with Crippen LogP contribution in [0.3, 0.4) is 0 Å². The molecule has 0 spiro atoms. The predicted octanol–water partition coefficient (Wildman–Crippen LogP) is 2.04. The maximum Gasteiger partial charge on any atom is 0.303 e. The first kappa shape index (κ1) is 15.6. The summed E-state index contributed by atoms with van der Waals surface area (Å²) in [7, 11) is 2.90. The lowest BCUT2D eigenvalue weighted by atomic mass is 10.00. The van der Waals surface area contributed by atoms with Gasteiger partial charge in [0, 0.05) is 18.5 Å². The van der Waals surface area contributed by atoms with Crippen molar-refractivity contribution < 1.29 is 24.5 Å². The molecule has 0 saturated heterocycles. The van der Waals surface area contributed by atoms with Crippen molar-refractivity contribution in [2.45, 2.75) is 18.9 Å². The Hall–Kier alpha value is -1.47. The molecule has 0 aliphatic rings. The highest BCUT2D eigenvalue weighted by molar-refractivity contribution is 9.10. The van der Waals surface area contributed by atoms with Gasteiger partial charge in [-0.25, -0.2) is 0 Å². The van der Waals surface area contributed by atoms with Gasteiger partial charge in [0.1, 0.15) is 5.75 Å². The molecule has 0 amide bonds. The van der Waals surface area contributed by atoms with Gasteiger partial charge in [-0.15, -0.1) is 0 Å². The van der Waals surface area contributed by atoms with Crippen molar-refractivity contribution in [1.29, 1.82) is 0 Å². The first-order valence-electron chi connectivity index (χ1n) is 5.53. The Bertz CT molecular complexity index is 478. The van der Waals surface area contributed by atoms with Crippen LogP contribution >= 0.6 is 15.9 Å². The lowest BCUT2D eigenvalue weighted by Crippen LogP contribution is -2.14. The van der Waals surface area contributed by atoms with Crippen LogP contribution in [0.5, 0.6) is 17.2 Å². The van der Waals surface area contributed by atoms with Gasteiger partial charge < -0.3 is 25.4 Å². The Balaban J connectivity index is 3.22. The number of ether oxygens (including phenoxy) is 2. The molecule has 106 valence electrons. The first-order chi connectivity index (χ1) is 8.92. The van der Waals surface area contributed by atoms with Crippen molar-refractivity contribution in [3.8, 4) is 17.2 Å². The van der Waals surface area contributed by atoms with Crippen LogP contribution in [0, 0.1) is 0 Å². The summed E-state index contributed by atoms with van der Waals surface area (Å²) in [6.45, 7) is 0. The summed E-state index contributed by atoms with van der Waals surface area (Å²) in [6.07, 6.45) is 0.0808. The van der Waals surface area contributed by atoms with Crippen molar-refractivity contribution in [3.05, 3.63) is 16.1 Å². The van der Waals surface area contributed by atoms with E-state index in [0.717, 1.165) is 0 Å². The molecule has 0 radical (unpaired) electrons. The fourth-order valence-corrected chi connectivity index (χ4v) is 2.17. The maximum absolute atomic E-state index is 10.6. The molecular formula is C12H16BrNO5. The summed E-state index contributed by atoms with van der Waals surface area (Å²) in [5, 5.41) is 18.7. The second-order valence-corrected chi connectivity index (χ2v) is 4.75. The summed E-state index contributed by atoms with van der Waals surface area (Å²) >= 11 is 3.19. The average molecular weight is 334 g/mol. The van der Waals surface area contributed by atoms with Crippen LogP contribution in [0.2, 0.25) is 0 Å². The van der Waals surface area contributed by atoms with Crippen molar-refractivity contribution in [1.82, 2.24) is 0 Å². The minimum absolute atomic E-state index is 0.0736. The Labute approximate surface area is 119 Å². The first-order valence-corrected chi connectivity index (χ1v) is 6.32. The van der Waals surface area contributed by atoms with Crippen molar-refractivity contribution in [2.24, 2.45) is 5.73 Å². The smallest absolute Gasteiger partial charge is 0.303 e. The number of carboxylic acid groups (broad SMARTS) is 1. The van der Waals surface area contributed by atoms with Crippen LogP contribution in [-0.2, 0) is 4.79 Å². The summed E-state index contributed by atoms with van der Waals surface area (Å²) in [6, 6.07) is 0.888. The fraction of sp³-hybridized carbons (Fsp3) is 0.417. The number of rotatable bonds is 6. The van der Waals surface area contributed by atoms with Gasteiger partial charge in [-0.1, -0.05) is 0 Å². The summed E-state index contributed by atoms with van der Waals surface area (Å²) in [5.74, 6) is -0.305. The normalized spacial score (nSPS) is 12.0. The molecule has 0 aliphatic carbocycles. The van der Waals surface area contributed by atoms with E-state index in [1.165, 1.54) is 14.2 Å². The Morgan fingerprint density at radius 3 is 2.58 bits per heavy atom. The van der Waals surface area contributed by atoms with Gasteiger partial charge >= 0.3 is 5.97 Å². The van der Waals surface area contributed by atoms with Crippen LogP contribution < -0.4 is 15.2 Å². The van der Waals surface area contributed by atoms with Crippen LogP contribution in [0.25, 0.3) is 0 Å². The number of phenols is 1. The number of benzene rings is 1. The second-order valence-electron chi connectivity index (χ2n) is 3.90. The van der Waals surface area contributed by atoms with E-state index in [1.54, 1.807) is 6.07 Å². The number of carbonyl (C=O) groups is 1. The second kappa shape index (κ2) is 6.63. The molecule has 19 heavy (non-hydrogen) atoms. The molecule has 1 unspecified atom stereocenters. The molecule has 0 heterocycles. The minimum atomic E-state index is -0.948. The standard InChI is InChI=1S/C12H16BrNO5/c1-18-8-5-6(13)11(17)10(12(8)19-2)7(14)3-4-9(15)16/h5,7,17H,3-4,14H2,1-2H3,(H,15,16). The molecule has 0 bridgehead atoms. The van der Waals surface area contributed by atoms with E-state index in [1.807, 2.05) is 0 Å². The van der Waals surface area contributed by atoms with E-state index in [0.29, 0.717) is 21.5 Å². The molecular weight excluding hydrogens is 318 g/mol. The number of aromatic hydroxyl groups is 1. The SMILES string of the molecule is COc1cc(Br)c(O)c(C(N)CCC(=O)O)c1OC. The largest absolute Gasteiger partial charge is 0.506 e. The van der Waals surface area contributed by atoms with Crippen LogP contribution in [-0.4, -0.2) is 30.4 Å². The van der Waals surface area contributed by atoms with E-state index < -0.39 is 12.0 Å². The highest BCUT2D eigenvalue weighted by Gasteiger charge is 2.23. The number of carboxylic acids is 1. The third-order valence-electron chi connectivity index (χ3n) is 2.67. The van der Waals surface area contributed by atoms with Crippen molar-refractivity contribution >= 4 is 21.9 Å². The fourth-order valence-electron chi connectivity index (χ4n) is 1.75. The molecule has 7 heteroatoms. The topological polar surface area (TPSA) is 102 Å². The van der Waals surface area contributed by atoms with E-state index in [9.17, 15) is 9.90 Å². The number of aliphatic carboxylic acids is 1. The third-order valence-corrected chi connectivity index (χ3v) is 3.28. The van der Waals surface area contributed by atoms with Gasteiger partial charge in [0.15, 0.2) is 11.5 Å². The Morgan fingerprint density at radius 2 is 2.11 bits per heavy atom. The van der Waals surface area contributed by atoms with Gasteiger partial charge in [-0.05, 0) is 22.4 Å². The van der Waals surface area contributed by atoms with E-state index in [2.05, 4.69) is 15.9 Å². The molecule has 1 atom stereocenters. The molecule has 6 nitrogen and oxygen atoms in total. The molecule has 0 aliphatic heterocycles. The highest BCUT2D eigenvalue weighted by Crippen LogP contribution is 2.45. The summed E-state index contributed by atoms with van der Waals surface area (Å²) < 4.78 is 10.8. The Kier molecular flexibility index (Phi) is 5.44. The molecule has 4 N–H and O–H groups in total. The van der Waals surface area contributed by atoms with E-state index in [4.69, 9.17) is 20.3 Å². The zero-order valence-corrected chi connectivity index (χ0v) is 12.2. The van der Waals surface area contributed by atoms with Gasteiger partial charge in [0.05, 0.1) is 24.3 Å². The van der Waals surface area contributed by atoms with E-state index in [-0.39, 0.29) is 18.6 Å². The molecule has 0 aromatic heterocycles. The van der Waals surface area contributed by atoms with Crippen molar-refractivity contribution in [2.75, 3.05) is 14.2 Å². The average Bonchev–Trinajstić information content (AvgIpc) is 2.38. The number of hydrogen-bond donors (Lipinski definition) is 3. The number of nitrogens with two attached hydrogens (primary N) is 1. The number of phenolic OH excluding ortho intramolecular Hbond substituents is 1. The molecule has 1 aromatic carbocycles. The quantitative estimate of drug-likeness (QED) is 0.736. The molecule has 1 rings (SSSR count). The molecule has 0 fully saturated rings. The van der Waals surface area contributed by atoms with Crippen LogP contribution in [0.4, 0.5) is 0 Å². The highest BCUT2D eigenvalue weighted by atomic mass is 79.9. The third kappa shape index (κ3) is 3.51. The summed E-state index contributed by atoms with van der Waals surface area (Å²) in [5.41, 5.74) is 6.26. The van der Waals surface area contributed by atoms with Crippen LogP contribution in [0.1, 0.15) is 24.4 Å².